The van der Waals surface area contributed by atoms with Crippen molar-refractivity contribution in [1.82, 2.24) is 4.98 Å². The van der Waals surface area contributed by atoms with Gasteiger partial charge in [0.2, 0.25) is 0 Å². The van der Waals surface area contributed by atoms with E-state index < -0.39 is 0 Å². The Kier molecular flexibility index (Phi) is 3.57. The lowest BCUT2D eigenvalue weighted by Gasteiger charge is -2.11. The molecule has 1 aromatic heterocycles. The fraction of sp³-hybridized carbons (Fsp3) is 0.118. The summed E-state index contributed by atoms with van der Waals surface area (Å²) in [6.07, 6.45) is 0. The van der Waals surface area contributed by atoms with Crippen LogP contribution in [0.3, 0.4) is 0 Å². The monoisotopic (exact) mass is 282 g/mol. The van der Waals surface area contributed by atoms with E-state index in [1.165, 1.54) is 5.56 Å². The highest BCUT2D eigenvalue weighted by atomic mass is 35.5. The van der Waals surface area contributed by atoms with E-state index in [1.807, 2.05) is 43.3 Å². The molecule has 0 atom stereocenters. The van der Waals surface area contributed by atoms with Gasteiger partial charge in [0.1, 0.15) is 0 Å². The number of hydrogen-bond donors (Lipinski definition) is 1. The third kappa shape index (κ3) is 2.75. The number of fused-ring (bicyclic) bond motifs is 1. The smallest absolute Gasteiger partial charge is 0.0740 e. The molecule has 3 heteroatoms. The molecular weight excluding hydrogens is 268 g/mol. The van der Waals surface area contributed by atoms with Gasteiger partial charge in [0, 0.05) is 28.3 Å². The van der Waals surface area contributed by atoms with Gasteiger partial charge in [-0.15, -0.1) is 0 Å². The molecule has 0 saturated carbocycles. The number of benzene rings is 2. The first-order valence-electron chi connectivity index (χ1n) is 6.57. The number of nitrogens with one attached hydrogen (secondary N) is 1. The van der Waals surface area contributed by atoms with E-state index in [0.717, 1.165) is 28.8 Å². The Hall–Kier alpha value is -2.06. The zero-order chi connectivity index (χ0) is 13.9. The van der Waals surface area contributed by atoms with E-state index in [-0.39, 0.29) is 0 Å². The van der Waals surface area contributed by atoms with Crippen molar-refractivity contribution in [3.8, 4) is 0 Å². The summed E-state index contributed by atoms with van der Waals surface area (Å²) in [5.41, 5.74) is 4.25. The molecule has 3 rings (SSSR count). The molecule has 2 aromatic carbocycles. The number of nitrogens with zero attached hydrogens (tertiary/aromatic N) is 1. The van der Waals surface area contributed by atoms with Gasteiger partial charge in [0.25, 0.3) is 0 Å². The van der Waals surface area contributed by atoms with Crippen LogP contribution >= 0.6 is 11.6 Å². The molecule has 2 nitrogen and oxygen atoms in total. The van der Waals surface area contributed by atoms with Gasteiger partial charge in [-0.3, -0.25) is 4.98 Å². The molecule has 0 saturated heterocycles. The van der Waals surface area contributed by atoms with Crippen molar-refractivity contribution < 1.29 is 0 Å². The Morgan fingerprint density at radius 1 is 1.05 bits per heavy atom. The molecule has 0 aliphatic rings. The summed E-state index contributed by atoms with van der Waals surface area (Å²) in [6, 6.07) is 18.2. The second-order valence-corrected chi connectivity index (χ2v) is 5.25. The van der Waals surface area contributed by atoms with Crippen LogP contribution in [-0.2, 0) is 6.54 Å². The Morgan fingerprint density at radius 2 is 1.85 bits per heavy atom. The molecule has 3 aromatic rings. The molecule has 0 fully saturated rings. The van der Waals surface area contributed by atoms with Gasteiger partial charge in [0.05, 0.1) is 5.52 Å². The van der Waals surface area contributed by atoms with Crippen LogP contribution in [0.1, 0.15) is 11.3 Å². The SMILES string of the molecule is Cc1cc(NCc2ccccc2)c2ccc(Cl)cc2n1. The van der Waals surface area contributed by atoms with Gasteiger partial charge >= 0.3 is 0 Å². The Labute approximate surface area is 123 Å². The maximum absolute atomic E-state index is 6.04. The van der Waals surface area contributed by atoms with E-state index >= 15 is 0 Å². The summed E-state index contributed by atoms with van der Waals surface area (Å²) in [6.45, 7) is 2.79. The Bertz CT molecular complexity index is 733. The number of rotatable bonds is 3. The van der Waals surface area contributed by atoms with Gasteiger partial charge in [-0.05, 0) is 36.8 Å². The molecule has 100 valence electrons. The van der Waals surface area contributed by atoms with Gasteiger partial charge in [0.15, 0.2) is 0 Å². The highest BCUT2D eigenvalue weighted by molar-refractivity contribution is 6.31. The molecule has 0 aliphatic carbocycles. The Morgan fingerprint density at radius 3 is 2.65 bits per heavy atom. The average Bonchev–Trinajstić information content (AvgIpc) is 2.45. The van der Waals surface area contributed by atoms with E-state index in [0.29, 0.717) is 5.02 Å². The van der Waals surface area contributed by atoms with Crippen LogP contribution in [0.2, 0.25) is 5.02 Å². The molecule has 1 N–H and O–H groups in total. The van der Waals surface area contributed by atoms with Crippen LogP contribution in [0.4, 0.5) is 5.69 Å². The quantitative estimate of drug-likeness (QED) is 0.746. The largest absolute Gasteiger partial charge is 0.380 e. The number of anilines is 1. The van der Waals surface area contributed by atoms with Crippen LogP contribution in [-0.4, -0.2) is 4.98 Å². The number of aromatic nitrogens is 1. The van der Waals surface area contributed by atoms with Crippen molar-refractivity contribution in [2.45, 2.75) is 13.5 Å². The minimum atomic E-state index is 0.713. The first-order chi connectivity index (χ1) is 9.72. The van der Waals surface area contributed by atoms with E-state index in [2.05, 4.69) is 28.5 Å². The molecule has 0 aliphatic heterocycles. The van der Waals surface area contributed by atoms with Crippen LogP contribution in [0, 0.1) is 6.92 Å². The minimum Gasteiger partial charge on any atom is -0.380 e. The highest BCUT2D eigenvalue weighted by Crippen LogP contribution is 2.26. The van der Waals surface area contributed by atoms with Crippen LogP contribution < -0.4 is 5.32 Å². The summed E-state index contributed by atoms with van der Waals surface area (Å²) in [4.78, 5) is 4.53. The molecular formula is C17H15ClN2. The van der Waals surface area contributed by atoms with E-state index in [4.69, 9.17) is 11.6 Å². The average molecular weight is 283 g/mol. The van der Waals surface area contributed by atoms with Gasteiger partial charge < -0.3 is 5.32 Å². The van der Waals surface area contributed by atoms with Crippen molar-refractivity contribution in [2.24, 2.45) is 0 Å². The lowest BCUT2D eigenvalue weighted by molar-refractivity contribution is 1.14. The third-order valence-electron chi connectivity index (χ3n) is 3.23. The molecule has 0 unspecified atom stereocenters. The first-order valence-corrected chi connectivity index (χ1v) is 6.95. The summed E-state index contributed by atoms with van der Waals surface area (Å²) < 4.78 is 0. The lowest BCUT2D eigenvalue weighted by Crippen LogP contribution is -2.01. The normalized spacial score (nSPS) is 10.7. The standard InChI is InChI=1S/C17H15ClN2/c1-12-9-16(19-11-13-5-3-2-4-6-13)15-8-7-14(18)10-17(15)20-12/h2-10H,11H2,1H3,(H,19,20). The summed E-state index contributed by atoms with van der Waals surface area (Å²) in [5, 5.41) is 5.29. The first kappa shape index (κ1) is 12.9. The number of hydrogen-bond acceptors (Lipinski definition) is 2. The van der Waals surface area contributed by atoms with Crippen molar-refractivity contribution in [1.29, 1.82) is 0 Å². The van der Waals surface area contributed by atoms with Gasteiger partial charge in [-0.25, -0.2) is 0 Å². The predicted molar refractivity (Wildman–Crippen MR) is 85.3 cm³/mol. The van der Waals surface area contributed by atoms with Gasteiger partial charge in [-0.1, -0.05) is 41.9 Å². The van der Waals surface area contributed by atoms with Crippen molar-refractivity contribution in [2.75, 3.05) is 5.32 Å². The van der Waals surface area contributed by atoms with Crippen molar-refractivity contribution in [3.63, 3.8) is 0 Å². The molecule has 0 radical (unpaired) electrons. The van der Waals surface area contributed by atoms with Crippen molar-refractivity contribution in [3.05, 3.63) is 70.9 Å². The van der Waals surface area contributed by atoms with Crippen LogP contribution in [0.5, 0.6) is 0 Å². The van der Waals surface area contributed by atoms with Crippen LogP contribution in [0.25, 0.3) is 10.9 Å². The number of aryl methyl sites for hydroxylation is 1. The molecule has 20 heavy (non-hydrogen) atoms. The zero-order valence-corrected chi connectivity index (χ0v) is 12.0. The topological polar surface area (TPSA) is 24.9 Å². The minimum absolute atomic E-state index is 0.713. The van der Waals surface area contributed by atoms with E-state index in [1.54, 1.807) is 0 Å². The van der Waals surface area contributed by atoms with Crippen molar-refractivity contribution >= 4 is 28.2 Å². The third-order valence-corrected chi connectivity index (χ3v) is 3.46. The second-order valence-electron chi connectivity index (χ2n) is 4.81. The molecule has 0 spiro atoms. The lowest BCUT2D eigenvalue weighted by atomic mass is 10.1. The highest BCUT2D eigenvalue weighted by Gasteiger charge is 2.04. The molecule has 0 bridgehead atoms. The van der Waals surface area contributed by atoms with E-state index in [9.17, 15) is 0 Å². The zero-order valence-electron chi connectivity index (χ0n) is 11.2. The summed E-state index contributed by atoms with van der Waals surface area (Å²) in [7, 11) is 0. The number of halogens is 1. The second kappa shape index (κ2) is 5.51. The maximum atomic E-state index is 6.04. The number of pyridine rings is 1. The summed E-state index contributed by atoms with van der Waals surface area (Å²) in [5.74, 6) is 0. The van der Waals surface area contributed by atoms with Gasteiger partial charge in [-0.2, -0.15) is 0 Å². The summed E-state index contributed by atoms with van der Waals surface area (Å²) >= 11 is 6.04. The Balaban J connectivity index is 1.94. The molecule has 1 heterocycles. The predicted octanol–water partition coefficient (Wildman–Crippen LogP) is 4.81. The van der Waals surface area contributed by atoms with Crippen LogP contribution in [0.15, 0.2) is 54.6 Å². The fourth-order valence-electron chi connectivity index (χ4n) is 2.27. The molecule has 0 amide bonds. The fourth-order valence-corrected chi connectivity index (χ4v) is 2.44. The maximum Gasteiger partial charge on any atom is 0.0740 e.